The lowest BCUT2D eigenvalue weighted by molar-refractivity contribution is -0.135. The predicted octanol–water partition coefficient (Wildman–Crippen LogP) is 7.24. The number of aliphatic imine (C=N–C) groups is 1. The summed E-state index contributed by atoms with van der Waals surface area (Å²) in [6, 6.07) is 22.9. The van der Waals surface area contributed by atoms with Gasteiger partial charge in [0.05, 0.1) is 38.2 Å². The minimum atomic E-state index is -0.774. The number of hydrogen-bond acceptors (Lipinski definition) is 8. The van der Waals surface area contributed by atoms with Crippen LogP contribution in [-0.4, -0.2) is 94.9 Å². The number of amides is 4. The quantitative estimate of drug-likeness (QED) is 0.136. The number of aromatic amines is 1. The van der Waals surface area contributed by atoms with E-state index < -0.39 is 24.3 Å². The van der Waals surface area contributed by atoms with Gasteiger partial charge in [-0.25, -0.2) is 14.6 Å². The molecule has 3 N–H and O–H groups in total. The van der Waals surface area contributed by atoms with Gasteiger partial charge in [0, 0.05) is 37.8 Å². The molecule has 7 rings (SSSR count). The highest BCUT2D eigenvalue weighted by Crippen LogP contribution is 2.34. The van der Waals surface area contributed by atoms with E-state index in [9.17, 15) is 19.2 Å². The molecule has 3 aliphatic heterocycles. The largest absolute Gasteiger partial charge is 0.453 e. The van der Waals surface area contributed by atoms with E-state index >= 15 is 0 Å². The Balaban J connectivity index is 0.972. The zero-order valence-corrected chi connectivity index (χ0v) is 34.4. The maximum absolute atomic E-state index is 14.0. The third kappa shape index (κ3) is 9.24. The lowest BCUT2D eigenvalue weighted by Crippen LogP contribution is -2.53. The first-order chi connectivity index (χ1) is 28.5. The summed E-state index contributed by atoms with van der Waals surface area (Å²) in [5.74, 6) is 0.362. The molecule has 13 heteroatoms. The van der Waals surface area contributed by atoms with E-state index in [1.165, 1.54) is 14.2 Å². The van der Waals surface area contributed by atoms with Gasteiger partial charge in [-0.2, -0.15) is 0 Å². The molecule has 0 radical (unpaired) electrons. The Bertz CT molecular complexity index is 2210. The van der Waals surface area contributed by atoms with Gasteiger partial charge in [0.1, 0.15) is 17.9 Å². The summed E-state index contributed by atoms with van der Waals surface area (Å²) in [4.78, 5) is 68.4. The number of hydrogen-bond donors (Lipinski definition) is 3. The summed E-state index contributed by atoms with van der Waals surface area (Å²) in [6.45, 7) is 7.04. The number of allylic oxidation sites excluding steroid dienone is 1. The van der Waals surface area contributed by atoms with Crippen LogP contribution in [0.3, 0.4) is 0 Å². The van der Waals surface area contributed by atoms with Crippen molar-refractivity contribution in [1.29, 1.82) is 0 Å². The number of nitrogens with zero attached hydrogens (tertiary/aromatic N) is 4. The smallest absolute Gasteiger partial charge is 0.407 e. The van der Waals surface area contributed by atoms with Crippen molar-refractivity contribution in [2.45, 2.75) is 83.5 Å². The number of alkyl carbamates (subject to hydrolysis) is 2. The van der Waals surface area contributed by atoms with Gasteiger partial charge in [-0.05, 0) is 71.9 Å². The summed E-state index contributed by atoms with van der Waals surface area (Å²) < 4.78 is 9.63. The topological polar surface area (TPSA) is 158 Å². The summed E-state index contributed by atoms with van der Waals surface area (Å²) in [6.07, 6.45) is 6.81. The van der Waals surface area contributed by atoms with Crippen LogP contribution in [0.4, 0.5) is 9.59 Å². The molecule has 59 heavy (non-hydrogen) atoms. The molecule has 0 aliphatic carbocycles. The van der Waals surface area contributed by atoms with Crippen LogP contribution >= 0.6 is 0 Å². The average Bonchev–Trinajstić information content (AvgIpc) is 4.10. The molecule has 2 saturated heterocycles. The van der Waals surface area contributed by atoms with Crippen molar-refractivity contribution < 1.29 is 28.7 Å². The summed E-state index contributed by atoms with van der Waals surface area (Å²) in [7, 11) is 2.59. The second-order valence-electron chi connectivity index (χ2n) is 15.9. The Labute approximate surface area is 345 Å². The normalized spacial score (nSPS) is 18.6. The summed E-state index contributed by atoms with van der Waals surface area (Å²) in [5.41, 5.74) is 9.22. The van der Waals surface area contributed by atoms with Crippen molar-refractivity contribution in [2.24, 2.45) is 10.9 Å². The van der Waals surface area contributed by atoms with E-state index in [4.69, 9.17) is 19.5 Å². The Morgan fingerprint density at radius 3 is 1.97 bits per heavy atom. The van der Waals surface area contributed by atoms with Crippen LogP contribution in [0.5, 0.6) is 0 Å². The Kier molecular flexibility index (Phi) is 12.6. The van der Waals surface area contributed by atoms with Crippen molar-refractivity contribution in [1.82, 2.24) is 30.4 Å². The number of imidazole rings is 1. The molecule has 13 nitrogen and oxygen atoms in total. The van der Waals surface area contributed by atoms with Gasteiger partial charge < -0.3 is 34.9 Å². The van der Waals surface area contributed by atoms with Crippen molar-refractivity contribution in [3.63, 3.8) is 0 Å². The maximum Gasteiger partial charge on any atom is 0.407 e. The van der Waals surface area contributed by atoms with E-state index in [-0.39, 0.29) is 29.8 Å². The van der Waals surface area contributed by atoms with Gasteiger partial charge in [0.15, 0.2) is 0 Å². The Morgan fingerprint density at radius 1 is 0.763 bits per heavy atom. The number of H-pyrrole nitrogens is 1. The molecule has 0 unspecified atom stereocenters. The fourth-order valence-electron chi connectivity index (χ4n) is 8.33. The van der Waals surface area contributed by atoms with Crippen molar-refractivity contribution >= 4 is 35.3 Å². The van der Waals surface area contributed by atoms with Crippen LogP contribution in [0.1, 0.15) is 74.5 Å². The lowest BCUT2D eigenvalue weighted by Gasteiger charge is -2.31. The molecule has 0 spiro atoms. The number of methoxy groups -OCH3 is 2. The number of rotatable bonds is 12. The third-order valence-electron chi connectivity index (χ3n) is 11.6. The van der Waals surface area contributed by atoms with E-state index in [1.807, 2.05) is 67.2 Å². The van der Waals surface area contributed by atoms with E-state index in [0.29, 0.717) is 31.8 Å². The van der Waals surface area contributed by atoms with Crippen molar-refractivity contribution in [3.05, 3.63) is 108 Å². The average molecular weight is 800 g/mol. The third-order valence-corrected chi connectivity index (χ3v) is 11.6. The molecule has 3 aliphatic rings. The van der Waals surface area contributed by atoms with Crippen molar-refractivity contribution in [3.8, 4) is 22.4 Å². The van der Waals surface area contributed by atoms with Gasteiger partial charge in [0.25, 0.3) is 0 Å². The van der Waals surface area contributed by atoms with Crippen molar-refractivity contribution in [2.75, 3.05) is 27.3 Å². The van der Waals surface area contributed by atoms with Gasteiger partial charge in [-0.3, -0.25) is 14.6 Å². The molecule has 2 fully saturated rings. The van der Waals surface area contributed by atoms with Crippen LogP contribution in [0, 0.1) is 12.8 Å². The number of carbonyl (C=O) groups excluding carboxylic acids is 4. The van der Waals surface area contributed by atoms with Gasteiger partial charge in [0.2, 0.25) is 11.8 Å². The number of benzene rings is 3. The highest BCUT2D eigenvalue weighted by Gasteiger charge is 2.39. The molecule has 4 aromatic rings. The first kappa shape index (κ1) is 40.9. The second-order valence-corrected chi connectivity index (χ2v) is 15.9. The van der Waals surface area contributed by atoms with Crippen LogP contribution < -0.4 is 10.6 Å². The SMILES string of the molecule is COC(=O)N[C@@H](Cc1ccc(C)cc1)C(=O)N1CCC[C@H]1c1ncc(-c2ccc(-c3ccc(C4=CN=C([C@@H]5CCCN5C(=O)[C@@H](NC(=O)OC)C(C)C)C4)cc3)cc2)[nH]1. The molecule has 4 amide bonds. The first-order valence-corrected chi connectivity index (χ1v) is 20.4. The minimum absolute atomic E-state index is 0.0874. The van der Waals surface area contributed by atoms with Gasteiger partial charge >= 0.3 is 12.2 Å². The number of nitrogens with one attached hydrogen (secondary N) is 3. The van der Waals surface area contributed by atoms with E-state index in [2.05, 4.69) is 64.1 Å². The van der Waals surface area contributed by atoms with Crippen LogP contribution in [0.2, 0.25) is 0 Å². The number of likely N-dealkylation sites (tertiary alicyclic amines) is 2. The summed E-state index contributed by atoms with van der Waals surface area (Å²) in [5, 5.41) is 5.47. The highest BCUT2D eigenvalue weighted by molar-refractivity contribution is 6.04. The molecular weight excluding hydrogens is 747 g/mol. The first-order valence-electron chi connectivity index (χ1n) is 20.4. The summed E-state index contributed by atoms with van der Waals surface area (Å²) >= 11 is 0. The maximum atomic E-state index is 14.0. The Morgan fingerprint density at radius 2 is 1.34 bits per heavy atom. The highest BCUT2D eigenvalue weighted by atomic mass is 16.5. The van der Waals surface area contributed by atoms with Gasteiger partial charge in [-0.15, -0.1) is 0 Å². The fraction of sp³-hybridized carbons (Fsp3) is 0.391. The minimum Gasteiger partial charge on any atom is -0.453 e. The van der Waals surface area contributed by atoms with Crippen LogP contribution in [0.15, 0.2) is 90.2 Å². The Hall–Kier alpha value is -6.24. The standard InChI is InChI=1S/C46H53N7O6/c1-28(2)41(51-46(57)59-5)44(55)52-22-6-8-39(52)36-25-35(26-47-36)33-16-14-31(15-17-33)32-18-20-34(21-19-32)38-27-48-42(49-38)40-9-7-23-53(40)43(54)37(50-45(56)58-4)24-30-12-10-29(3)11-13-30/h10-21,26-28,37,39-41H,6-9,22-25H2,1-5H3,(H,48,49)(H,50,56)(H,51,57)/t37-,39-,40-,41-/m0/s1. The molecule has 4 heterocycles. The molecule has 4 atom stereocenters. The zero-order chi connectivity index (χ0) is 41.6. The zero-order valence-electron chi connectivity index (χ0n) is 34.4. The van der Waals surface area contributed by atoms with E-state index in [0.717, 1.165) is 76.0 Å². The number of aryl methyl sites for hydroxylation is 1. The second kappa shape index (κ2) is 18.1. The molecule has 3 aromatic carbocycles. The monoisotopic (exact) mass is 799 g/mol. The number of carbonyl (C=O) groups is 4. The molecule has 0 bridgehead atoms. The van der Waals surface area contributed by atoms with Crippen LogP contribution in [0.25, 0.3) is 28.0 Å². The van der Waals surface area contributed by atoms with Gasteiger partial charge in [-0.1, -0.05) is 92.2 Å². The fourth-order valence-corrected chi connectivity index (χ4v) is 8.33. The molecule has 308 valence electrons. The molecule has 0 saturated carbocycles. The predicted molar refractivity (Wildman–Crippen MR) is 226 cm³/mol. The number of ether oxygens (including phenoxy) is 2. The molecule has 1 aromatic heterocycles. The molecular formula is C46H53N7O6. The lowest BCUT2D eigenvalue weighted by atomic mass is 9.95. The van der Waals surface area contributed by atoms with E-state index in [1.54, 1.807) is 0 Å². The number of aromatic nitrogens is 2. The van der Waals surface area contributed by atoms with Crippen LogP contribution in [-0.2, 0) is 25.5 Å².